The molecule has 0 aromatic heterocycles. The molecule has 1 aromatic rings. The van der Waals surface area contributed by atoms with E-state index in [2.05, 4.69) is 32.9 Å². The average molecular weight is 262 g/mol. The molecule has 1 rings (SSSR count). The molecule has 0 aliphatic rings. The average Bonchev–Trinajstić information content (AvgIpc) is 2.24. The van der Waals surface area contributed by atoms with Gasteiger partial charge in [-0.3, -0.25) is 4.79 Å². The number of hydrogen-bond donors (Lipinski definition) is 0. The molecule has 2 heteroatoms. The molecule has 0 unspecified atom stereocenters. The number of benzene rings is 1. The van der Waals surface area contributed by atoms with Crippen LogP contribution in [0.3, 0.4) is 0 Å². The van der Waals surface area contributed by atoms with Crippen LogP contribution in [-0.4, -0.2) is 12.4 Å². The van der Waals surface area contributed by atoms with Gasteiger partial charge >= 0.3 is 0 Å². The van der Waals surface area contributed by atoms with Crippen molar-refractivity contribution >= 4 is 5.78 Å². The molecule has 0 N–H and O–H groups in total. The first kappa shape index (κ1) is 15.7. The highest BCUT2D eigenvalue weighted by Crippen LogP contribution is 2.27. The van der Waals surface area contributed by atoms with Crippen molar-refractivity contribution in [1.29, 1.82) is 0 Å². The lowest BCUT2D eigenvalue weighted by Gasteiger charge is -2.21. The molecule has 0 fully saturated rings. The van der Waals surface area contributed by atoms with E-state index in [9.17, 15) is 4.79 Å². The molecule has 0 saturated heterocycles. The van der Waals surface area contributed by atoms with Crippen LogP contribution in [-0.2, 0) is 10.2 Å². The number of hydrogen-bond acceptors (Lipinski definition) is 2. The van der Waals surface area contributed by atoms with E-state index in [1.54, 1.807) is 0 Å². The molecule has 19 heavy (non-hydrogen) atoms. The van der Waals surface area contributed by atoms with Crippen molar-refractivity contribution in [2.45, 2.75) is 53.9 Å². The Balaban J connectivity index is 2.79. The third kappa shape index (κ3) is 4.38. The largest absolute Gasteiger partial charge is 0.486 e. The van der Waals surface area contributed by atoms with Crippen LogP contribution in [0.15, 0.2) is 18.2 Å². The van der Waals surface area contributed by atoms with Crippen molar-refractivity contribution in [3.05, 3.63) is 29.3 Å². The summed E-state index contributed by atoms with van der Waals surface area (Å²) in [5.41, 5.74) is 2.14. The maximum atomic E-state index is 11.9. The molecule has 0 saturated carbocycles. The Hall–Kier alpha value is -1.31. The molecule has 0 amide bonds. The number of carbonyl (C=O) groups is 1. The van der Waals surface area contributed by atoms with Crippen LogP contribution < -0.4 is 4.74 Å². The molecular weight excluding hydrogens is 236 g/mol. The van der Waals surface area contributed by atoms with Crippen molar-refractivity contribution in [2.75, 3.05) is 6.61 Å². The van der Waals surface area contributed by atoms with Gasteiger partial charge in [0.1, 0.15) is 12.4 Å². The summed E-state index contributed by atoms with van der Waals surface area (Å²) in [4.78, 5) is 11.9. The van der Waals surface area contributed by atoms with Gasteiger partial charge < -0.3 is 4.74 Å². The smallest absolute Gasteiger partial charge is 0.175 e. The van der Waals surface area contributed by atoms with Gasteiger partial charge in [-0.25, -0.2) is 0 Å². The van der Waals surface area contributed by atoms with Crippen LogP contribution in [0.5, 0.6) is 5.75 Å². The summed E-state index contributed by atoms with van der Waals surface area (Å²) < 4.78 is 5.64. The maximum Gasteiger partial charge on any atom is 0.175 e. The molecule has 0 radical (unpaired) electrons. The molecule has 0 aliphatic carbocycles. The third-order valence-electron chi connectivity index (χ3n) is 3.24. The van der Waals surface area contributed by atoms with Gasteiger partial charge in [0.15, 0.2) is 5.78 Å². The maximum absolute atomic E-state index is 11.9. The highest BCUT2D eigenvalue weighted by Gasteiger charge is 2.22. The number of ether oxygens (including phenoxy) is 1. The Bertz CT molecular complexity index is 459. The Morgan fingerprint density at radius 3 is 2.11 bits per heavy atom. The van der Waals surface area contributed by atoms with Gasteiger partial charge in [0.2, 0.25) is 0 Å². The van der Waals surface area contributed by atoms with Crippen molar-refractivity contribution in [2.24, 2.45) is 5.41 Å². The summed E-state index contributed by atoms with van der Waals surface area (Å²) in [6.07, 6.45) is 0. The summed E-state index contributed by atoms with van der Waals surface area (Å²) in [5, 5.41) is 0. The van der Waals surface area contributed by atoms with Crippen molar-refractivity contribution in [1.82, 2.24) is 0 Å². The number of aryl methyl sites for hydroxylation is 1. The van der Waals surface area contributed by atoms with Crippen LogP contribution in [0.4, 0.5) is 0 Å². The zero-order chi connectivity index (χ0) is 14.8. The zero-order valence-electron chi connectivity index (χ0n) is 13.3. The first-order valence-corrected chi connectivity index (χ1v) is 6.79. The van der Waals surface area contributed by atoms with Gasteiger partial charge in [0.05, 0.1) is 0 Å². The molecule has 0 aliphatic heterocycles. The molecule has 106 valence electrons. The van der Waals surface area contributed by atoms with Crippen molar-refractivity contribution < 1.29 is 9.53 Å². The minimum atomic E-state index is -0.348. The van der Waals surface area contributed by atoms with Gasteiger partial charge in [-0.1, -0.05) is 53.7 Å². The molecule has 0 bridgehead atoms. The van der Waals surface area contributed by atoms with Gasteiger partial charge in [0.25, 0.3) is 0 Å². The lowest BCUT2D eigenvalue weighted by Crippen LogP contribution is -2.26. The number of rotatable bonds is 3. The predicted octanol–water partition coefficient (Wildman–Crippen LogP) is 4.29. The highest BCUT2D eigenvalue weighted by molar-refractivity contribution is 5.85. The minimum absolute atomic E-state index is 0.117. The Kier molecular flexibility index (Phi) is 4.44. The van der Waals surface area contributed by atoms with Gasteiger partial charge in [-0.15, -0.1) is 0 Å². The topological polar surface area (TPSA) is 26.3 Å². The van der Waals surface area contributed by atoms with E-state index >= 15 is 0 Å². The highest BCUT2D eigenvalue weighted by atomic mass is 16.5. The Labute approximate surface area is 117 Å². The molecule has 0 atom stereocenters. The number of Topliss-reactive ketones (excluding diaryl/α,β-unsaturated/α-hetero) is 1. The van der Waals surface area contributed by atoms with Crippen LogP contribution in [0.1, 0.15) is 52.7 Å². The fourth-order valence-electron chi connectivity index (χ4n) is 1.64. The third-order valence-corrected chi connectivity index (χ3v) is 3.24. The van der Waals surface area contributed by atoms with E-state index in [1.165, 1.54) is 5.56 Å². The van der Waals surface area contributed by atoms with Gasteiger partial charge in [-0.2, -0.15) is 0 Å². The zero-order valence-corrected chi connectivity index (χ0v) is 13.3. The molecular formula is C17H26O2. The SMILES string of the molecule is Cc1cc(C(C)(C)C)ccc1OCC(=O)C(C)(C)C. The lowest BCUT2D eigenvalue weighted by atomic mass is 9.86. The second kappa shape index (κ2) is 5.36. The standard InChI is InChI=1S/C17H26O2/c1-12-10-13(16(2,3)4)8-9-14(12)19-11-15(18)17(5,6)7/h8-10H,11H2,1-7H3. The van der Waals surface area contributed by atoms with E-state index in [1.807, 2.05) is 33.8 Å². The van der Waals surface area contributed by atoms with Crippen LogP contribution in [0.2, 0.25) is 0 Å². The fraction of sp³-hybridized carbons (Fsp3) is 0.588. The second-order valence-corrected chi connectivity index (χ2v) is 7.19. The fourth-order valence-corrected chi connectivity index (χ4v) is 1.64. The normalized spacial score (nSPS) is 12.4. The van der Waals surface area contributed by atoms with E-state index < -0.39 is 0 Å². The first-order chi connectivity index (χ1) is 8.51. The van der Waals surface area contributed by atoms with Crippen LogP contribution >= 0.6 is 0 Å². The lowest BCUT2D eigenvalue weighted by molar-refractivity contribution is -0.128. The summed E-state index contributed by atoms with van der Waals surface area (Å²) in [6, 6.07) is 6.17. The monoisotopic (exact) mass is 262 g/mol. The molecule has 0 heterocycles. The Morgan fingerprint density at radius 1 is 1.11 bits per heavy atom. The summed E-state index contributed by atoms with van der Waals surface area (Å²) in [7, 11) is 0. The Morgan fingerprint density at radius 2 is 1.68 bits per heavy atom. The summed E-state index contributed by atoms with van der Waals surface area (Å²) >= 11 is 0. The quantitative estimate of drug-likeness (QED) is 0.812. The minimum Gasteiger partial charge on any atom is -0.486 e. The van der Waals surface area contributed by atoms with E-state index in [0.29, 0.717) is 0 Å². The summed E-state index contributed by atoms with van der Waals surface area (Å²) in [5.74, 6) is 0.914. The van der Waals surface area contributed by atoms with Gasteiger partial charge in [0, 0.05) is 5.41 Å². The van der Waals surface area contributed by atoms with Crippen LogP contribution in [0, 0.1) is 12.3 Å². The van der Waals surface area contributed by atoms with Crippen molar-refractivity contribution in [3.8, 4) is 5.75 Å². The van der Waals surface area contributed by atoms with E-state index in [0.717, 1.165) is 11.3 Å². The number of carbonyl (C=O) groups excluding carboxylic acids is 1. The second-order valence-electron chi connectivity index (χ2n) is 7.19. The molecule has 0 spiro atoms. The molecule has 2 nitrogen and oxygen atoms in total. The predicted molar refractivity (Wildman–Crippen MR) is 79.8 cm³/mol. The number of ketones is 1. The van der Waals surface area contributed by atoms with E-state index in [4.69, 9.17) is 4.74 Å². The molecule has 1 aromatic carbocycles. The van der Waals surface area contributed by atoms with Crippen LogP contribution in [0.25, 0.3) is 0 Å². The van der Waals surface area contributed by atoms with Gasteiger partial charge in [-0.05, 0) is 29.5 Å². The first-order valence-electron chi connectivity index (χ1n) is 6.79. The van der Waals surface area contributed by atoms with E-state index in [-0.39, 0.29) is 23.2 Å². The summed E-state index contributed by atoms with van der Waals surface area (Å²) in [6.45, 7) is 14.4. The van der Waals surface area contributed by atoms with Crippen molar-refractivity contribution in [3.63, 3.8) is 0 Å².